The van der Waals surface area contributed by atoms with Gasteiger partial charge in [0.1, 0.15) is 0 Å². The van der Waals surface area contributed by atoms with Crippen molar-refractivity contribution < 1.29 is 4.21 Å². The van der Waals surface area contributed by atoms with E-state index in [0.717, 1.165) is 48.1 Å². The zero-order valence-corrected chi connectivity index (χ0v) is 11.9. The Morgan fingerprint density at radius 2 is 1.89 bits per heavy atom. The van der Waals surface area contributed by atoms with Crippen molar-refractivity contribution >= 4 is 22.4 Å². The quantitative estimate of drug-likeness (QED) is 0.918. The van der Waals surface area contributed by atoms with Crippen molar-refractivity contribution in [1.82, 2.24) is 4.90 Å². The van der Waals surface area contributed by atoms with E-state index in [4.69, 9.17) is 17.3 Å². The zero-order valence-electron chi connectivity index (χ0n) is 10.3. The van der Waals surface area contributed by atoms with Crippen LogP contribution in [-0.2, 0) is 10.8 Å². The molecular formula is C13H19ClN2OS. The highest BCUT2D eigenvalue weighted by Crippen LogP contribution is 2.17. The molecule has 1 heterocycles. The molecule has 1 fully saturated rings. The summed E-state index contributed by atoms with van der Waals surface area (Å²) in [5.41, 5.74) is 7.28. The third kappa shape index (κ3) is 4.05. The molecule has 18 heavy (non-hydrogen) atoms. The number of halogens is 1. The van der Waals surface area contributed by atoms with Crippen molar-refractivity contribution in [1.29, 1.82) is 0 Å². The van der Waals surface area contributed by atoms with Gasteiger partial charge in [-0.25, -0.2) is 0 Å². The van der Waals surface area contributed by atoms with Gasteiger partial charge in [-0.15, -0.1) is 0 Å². The van der Waals surface area contributed by atoms with E-state index in [0.29, 0.717) is 0 Å². The van der Waals surface area contributed by atoms with Gasteiger partial charge >= 0.3 is 0 Å². The van der Waals surface area contributed by atoms with Crippen LogP contribution in [0.15, 0.2) is 24.3 Å². The van der Waals surface area contributed by atoms with Gasteiger partial charge in [0.25, 0.3) is 0 Å². The first-order valence-electron chi connectivity index (χ1n) is 6.23. The monoisotopic (exact) mass is 286 g/mol. The number of rotatable bonds is 4. The summed E-state index contributed by atoms with van der Waals surface area (Å²) in [5.74, 6) is 1.60. The van der Waals surface area contributed by atoms with E-state index in [2.05, 4.69) is 4.90 Å². The number of hydrogen-bond donors (Lipinski definition) is 1. The van der Waals surface area contributed by atoms with E-state index in [1.807, 2.05) is 24.3 Å². The summed E-state index contributed by atoms with van der Waals surface area (Å²) in [7, 11) is -0.601. The lowest BCUT2D eigenvalue weighted by Crippen LogP contribution is -2.39. The maximum Gasteiger partial charge on any atom is 0.0406 e. The summed E-state index contributed by atoms with van der Waals surface area (Å²) >= 11 is 5.85. The molecule has 3 nitrogen and oxygen atoms in total. The van der Waals surface area contributed by atoms with Crippen molar-refractivity contribution in [3.63, 3.8) is 0 Å². The fourth-order valence-corrected chi connectivity index (χ4v) is 3.35. The predicted molar refractivity (Wildman–Crippen MR) is 77.3 cm³/mol. The van der Waals surface area contributed by atoms with Crippen LogP contribution in [-0.4, -0.2) is 40.2 Å². The van der Waals surface area contributed by atoms with Crippen LogP contribution in [0.4, 0.5) is 0 Å². The molecule has 0 radical (unpaired) electrons. The smallest absolute Gasteiger partial charge is 0.0406 e. The Labute approximate surface area is 116 Å². The topological polar surface area (TPSA) is 46.3 Å². The van der Waals surface area contributed by atoms with Crippen LogP contribution in [0.3, 0.4) is 0 Å². The highest BCUT2D eigenvalue weighted by atomic mass is 35.5. The van der Waals surface area contributed by atoms with Gasteiger partial charge in [-0.1, -0.05) is 23.7 Å². The highest BCUT2D eigenvalue weighted by Gasteiger charge is 2.16. The minimum absolute atomic E-state index is 0.0506. The summed E-state index contributed by atoms with van der Waals surface area (Å²) in [6, 6.07) is 7.77. The largest absolute Gasteiger partial charge is 0.324 e. The first-order chi connectivity index (χ1) is 8.65. The molecule has 5 heteroatoms. The Balaban J connectivity index is 1.79. The fourth-order valence-electron chi connectivity index (χ4n) is 2.10. The Morgan fingerprint density at radius 1 is 1.28 bits per heavy atom. The third-order valence-corrected chi connectivity index (χ3v) is 4.85. The molecule has 1 aromatic rings. The maximum atomic E-state index is 11.2. The van der Waals surface area contributed by atoms with Crippen molar-refractivity contribution in [3.8, 4) is 0 Å². The lowest BCUT2D eigenvalue weighted by molar-refractivity contribution is 0.287. The number of nitrogens with zero attached hydrogens (tertiary/aromatic N) is 1. The Morgan fingerprint density at radius 3 is 2.50 bits per heavy atom. The molecule has 0 bridgehead atoms. The normalized spacial score (nSPS) is 19.9. The lowest BCUT2D eigenvalue weighted by Gasteiger charge is -2.27. The summed E-state index contributed by atoms with van der Waals surface area (Å²) < 4.78 is 11.2. The maximum absolute atomic E-state index is 11.2. The van der Waals surface area contributed by atoms with Gasteiger partial charge < -0.3 is 10.6 Å². The second kappa shape index (κ2) is 6.66. The van der Waals surface area contributed by atoms with Gasteiger partial charge in [-0.3, -0.25) is 4.21 Å². The fraction of sp³-hybridized carbons (Fsp3) is 0.538. The average molecular weight is 287 g/mol. The molecule has 0 aliphatic carbocycles. The first-order valence-corrected chi connectivity index (χ1v) is 8.10. The summed E-state index contributed by atoms with van der Waals surface area (Å²) in [6.45, 7) is 2.83. The molecule has 0 saturated carbocycles. The van der Waals surface area contributed by atoms with Crippen molar-refractivity contribution in [2.75, 3.05) is 31.1 Å². The molecule has 2 N–H and O–H groups in total. The van der Waals surface area contributed by atoms with Crippen LogP contribution in [0.25, 0.3) is 0 Å². The Bertz CT molecular complexity index is 400. The van der Waals surface area contributed by atoms with Gasteiger partial charge in [0.15, 0.2) is 0 Å². The molecule has 2 rings (SSSR count). The molecule has 1 aromatic carbocycles. The van der Waals surface area contributed by atoms with Gasteiger partial charge in [0.05, 0.1) is 0 Å². The lowest BCUT2D eigenvalue weighted by atomic mass is 10.0. The molecule has 1 saturated heterocycles. The SMILES string of the molecule is NC(CCN1CCS(=O)CC1)c1ccc(Cl)cc1. The summed E-state index contributed by atoms with van der Waals surface area (Å²) in [4.78, 5) is 2.34. The Hall–Kier alpha value is -0.420. The summed E-state index contributed by atoms with van der Waals surface area (Å²) in [6.07, 6.45) is 0.925. The highest BCUT2D eigenvalue weighted by molar-refractivity contribution is 7.85. The minimum atomic E-state index is -0.601. The zero-order chi connectivity index (χ0) is 13.0. The number of nitrogens with two attached hydrogens (primary N) is 1. The van der Waals surface area contributed by atoms with Crippen molar-refractivity contribution in [3.05, 3.63) is 34.9 Å². The molecule has 1 aliphatic rings. The van der Waals surface area contributed by atoms with E-state index in [1.165, 1.54) is 0 Å². The van der Waals surface area contributed by atoms with Crippen molar-refractivity contribution in [2.45, 2.75) is 12.5 Å². The third-order valence-electron chi connectivity index (χ3n) is 3.32. The van der Waals surface area contributed by atoms with E-state index in [-0.39, 0.29) is 6.04 Å². The first kappa shape index (κ1) is 14.0. The number of benzene rings is 1. The van der Waals surface area contributed by atoms with Gasteiger partial charge in [-0.2, -0.15) is 0 Å². The summed E-state index contributed by atoms with van der Waals surface area (Å²) in [5, 5.41) is 0.740. The van der Waals surface area contributed by atoms with Crippen LogP contribution >= 0.6 is 11.6 Å². The molecule has 1 atom stereocenters. The van der Waals surface area contributed by atoms with Gasteiger partial charge in [0, 0.05) is 53.0 Å². The second-order valence-corrected chi connectivity index (χ2v) is 6.77. The second-order valence-electron chi connectivity index (χ2n) is 4.64. The number of hydrogen-bond acceptors (Lipinski definition) is 3. The van der Waals surface area contributed by atoms with Crippen LogP contribution in [0.2, 0.25) is 5.02 Å². The van der Waals surface area contributed by atoms with Gasteiger partial charge in [-0.05, 0) is 24.1 Å². The molecular weight excluding hydrogens is 268 g/mol. The molecule has 100 valence electrons. The van der Waals surface area contributed by atoms with Crippen LogP contribution in [0.5, 0.6) is 0 Å². The van der Waals surface area contributed by atoms with Crippen LogP contribution in [0, 0.1) is 0 Å². The molecule has 0 amide bonds. The van der Waals surface area contributed by atoms with E-state index in [1.54, 1.807) is 0 Å². The van der Waals surface area contributed by atoms with Crippen LogP contribution < -0.4 is 5.73 Å². The average Bonchev–Trinajstić information content (AvgIpc) is 2.38. The minimum Gasteiger partial charge on any atom is -0.324 e. The van der Waals surface area contributed by atoms with E-state index < -0.39 is 10.8 Å². The van der Waals surface area contributed by atoms with Crippen LogP contribution in [0.1, 0.15) is 18.0 Å². The molecule has 0 aromatic heterocycles. The van der Waals surface area contributed by atoms with Crippen molar-refractivity contribution in [2.24, 2.45) is 5.73 Å². The Kier molecular flexibility index (Phi) is 5.18. The molecule has 1 unspecified atom stereocenters. The molecule has 1 aliphatic heterocycles. The molecule has 0 spiro atoms. The standard InChI is InChI=1S/C13H19ClN2OS/c14-12-3-1-11(2-4-12)13(15)5-6-16-7-9-18(17)10-8-16/h1-4,13H,5-10,15H2. The van der Waals surface area contributed by atoms with E-state index >= 15 is 0 Å². The predicted octanol–water partition coefficient (Wildman–Crippen LogP) is 1.79. The van der Waals surface area contributed by atoms with Gasteiger partial charge in [0.2, 0.25) is 0 Å². The van der Waals surface area contributed by atoms with E-state index in [9.17, 15) is 4.21 Å².